The maximum absolute atomic E-state index is 12.4. The summed E-state index contributed by atoms with van der Waals surface area (Å²) >= 11 is 6.78. The summed E-state index contributed by atoms with van der Waals surface area (Å²) in [5.74, 6) is 0.680. The molecule has 0 spiro atoms. The second-order valence-corrected chi connectivity index (χ2v) is 14.8. The van der Waals surface area contributed by atoms with Gasteiger partial charge >= 0.3 is 6.09 Å². The predicted octanol–water partition coefficient (Wildman–Crippen LogP) is 5.73. The van der Waals surface area contributed by atoms with Crippen molar-refractivity contribution in [2.45, 2.75) is 115 Å². The first kappa shape index (κ1) is 32.3. The highest BCUT2D eigenvalue weighted by molar-refractivity contribution is 6.20. The van der Waals surface area contributed by atoms with Crippen molar-refractivity contribution in [2.24, 2.45) is 5.92 Å². The lowest BCUT2D eigenvalue weighted by Crippen LogP contribution is -2.50. The number of ether oxygens (including phenoxy) is 2. The van der Waals surface area contributed by atoms with Crippen LogP contribution in [0.4, 0.5) is 10.5 Å². The fourth-order valence-electron chi connectivity index (χ4n) is 6.20. The van der Waals surface area contributed by atoms with Gasteiger partial charge in [0.1, 0.15) is 5.60 Å². The van der Waals surface area contributed by atoms with Gasteiger partial charge in [0.05, 0.1) is 5.60 Å². The van der Waals surface area contributed by atoms with Crippen molar-refractivity contribution in [3.8, 4) is 0 Å². The molecule has 0 saturated carbocycles. The van der Waals surface area contributed by atoms with E-state index in [2.05, 4.69) is 39.4 Å². The second kappa shape index (κ2) is 13.8. The highest BCUT2D eigenvalue weighted by Gasteiger charge is 2.31. The minimum absolute atomic E-state index is 0.179. The van der Waals surface area contributed by atoms with Crippen LogP contribution < -0.4 is 10.2 Å². The lowest BCUT2D eigenvalue weighted by molar-refractivity contribution is -0.243. The third-order valence-corrected chi connectivity index (χ3v) is 8.76. The van der Waals surface area contributed by atoms with Crippen LogP contribution in [0.25, 0.3) is 0 Å². The van der Waals surface area contributed by atoms with Crippen LogP contribution in [0.15, 0.2) is 24.3 Å². The van der Waals surface area contributed by atoms with Gasteiger partial charge < -0.3 is 29.7 Å². The number of carbonyl (C=O) groups excluding carboxylic acids is 1. The number of hydrogen-bond acceptors (Lipinski definition) is 7. The number of carbonyl (C=O) groups is 1. The van der Waals surface area contributed by atoms with Crippen LogP contribution in [0.1, 0.15) is 91.7 Å². The number of aliphatic hydroxyl groups excluding tert-OH is 1. The Morgan fingerprint density at radius 1 is 0.951 bits per heavy atom. The summed E-state index contributed by atoms with van der Waals surface area (Å²) in [6.07, 6.45) is 5.41. The summed E-state index contributed by atoms with van der Waals surface area (Å²) < 4.78 is 11.3. The minimum Gasteiger partial charge on any atom is -0.444 e. The van der Waals surface area contributed by atoms with Crippen molar-refractivity contribution >= 4 is 23.4 Å². The number of aliphatic hydroxyl groups is 1. The predicted molar refractivity (Wildman–Crippen MR) is 165 cm³/mol. The Hall–Kier alpha value is -1.58. The molecule has 8 nitrogen and oxygen atoms in total. The van der Waals surface area contributed by atoms with Gasteiger partial charge in [-0.3, -0.25) is 4.90 Å². The lowest BCUT2D eigenvalue weighted by Gasteiger charge is -2.38. The Morgan fingerprint density at radius 3 is 2.17 bits per heavy atom. The van der Waals surface area contributed by atoms with E-state index in [1.807, 2.05) is 41.5 Å². The maximum atomic E-state index is 12.4. The number of rotatable bonds is 7. The fraction of sp³-hybridized carbons (Fsp3) is 0.781. The van der Waals surface area contributed by atoms with Crippen molar-refractivity contribution in [3.05, 3.63) is 29.8 Å². The molecule has 2 N–H and O–H groups in total. The van der Waals surface area contributed by atoms with Crippen LogP contribution in [0.2, 0.25) is 0 Å². The lowest BCUT2D eigenvalue weighted by atomic mass is 9.86. The molecule has 1 aromatic carbocycles. The monoisotopic (exact) mass is 592 g/mol. The molecule has 4 atom stereocenters. The van der Waals surface area contributed by atoms with E-state index in [-0.39, 0.29) is 23.1 Å². The van der Waals surface area contributed by atoms with Crippen LogP contribution in [-0.4, -0.2) is 89.3 Å². The first-order chi connectivity index (χ1) is 19.3. The van der Waals surface area contributed by atoms with Gasteiger partial charge in [0.15, 0.2) is 0 Å². The topological polar surface area (TPSA) is 77.5 Å². The average Bonchev–Trinajstić information content (AvgIpc) is 2.90. The first-order valence-corrected chi connectivity index (χ1v) is 16.0. The number of benzene rings is 1. The zero-order valence-corrected chi connectivity index (χ0v) is 26.8. The molecular weight excluding hydrogens is 540 g/mol. The van der Waals surface area contributed by atoms with E-state index < -0.39 is 12.0 Å². The summed E-state index contributed by atoms with van der Waals surface area (Å²) in [6, 6.07) is 9.57. The molecule has 3 saturated heterocycles. The molecular formula is C32H53ClN4O4. The van der Waals surface area contributed by atoms with Gasteiger partial charge in [-0.1, -0.05) is 12.1 Å². The maximum Gasteiger partial charge on any atom is 0.410 e. The Morgan fingerprint density at radius 2 is 1.59 bits per heavy atom. The Balaban J connectivity index is 1.22. The third-order valence-electron chi connectivity index (χ3n) is 8.40. The minimum atomic E-state index is -0.818. The van der Waals surface area contributed by atoms with Crippen LogP contribution in [0, 0.1) is 5.92 Å². The molecule has 0 bridgehead atoms. The van der Waals surface area contributed by atoms with Crippen molar-refractivity contribution in [1.82, 2.24) is 15.1 Å². The largest absolute Gasteiger partial charge is 0.444 e. The van der Waals surface area contributed by atoms with Gasteiger partial charge in [-0.15, -0.1) is 11.6 Å². The number of nitrogens with zero attached hydrogens (tertiary/aromatic N) is 3. The Labute approximate surface area is 252 Å². The number of piperazine rings is 1. The number of halogens is 1. The zero-order chi connectivity index (χ0) is 29.8. The van der Waals surface area contributed by atoms with E-state index in [1.54, 1.807) is 4.90 Å². The summed E-state index contributed by atoms with van der Waals surface area (Å²) in [5, 5.41) is 14.5. The van der Waals surface area contributed by atoms with Crippen LogP contribution in [0.3, 0.4) is 0 Å². The first-order valence-electron chi connectivity index (χ1n) is 15.6. The standard InChI is InChI=1S/C32H53ClN4O4/c1-31(2,3)40-29(38)36-15-13-23(14-16-36)7-10-26-21-25(33)22-28(34-26)24-8-11-27(12-9-24)35-17-19-37(20-18-35)30(39)41-32(4,5)6/h8-9,11-12,23,25-26,28-29,34,38H,7,10,13-22H2,1-6H3. The molecule has 0 radical (unpaired) electrons. The Bertz CT molecular complexity index is 963. The van der Waals surface area contributed by atoms with Gasteiger partial charge in [0.2, 0.25) is 6.41 Å². The van der Waals surface area contributed by atoms with E-state index >= 15 is 0 Å². The van der Waals surface area contributed by atoms with Gasteiger partial charge in [0.25, 0.3) is 0 Å². The molecule has 3 aliphatic heterocycles. The molecule has 4 unspecified atom stereocenters. The molecule has 3 aliphatic rings. The second-order valence-electron chi connectivity index (χ2n) is 14.1. The Kier molecular flexibility index (Phi) is 10.9. The van der Waals surface area contributed by atoms with Crippen LogP contribution in [-0.2, 0) is 9.47 Å². The molecule has 3 heterocycles. The van der Waals surface area contributed by atoms with Crippen molar-refractivity contribution in [2.75, 3.05) is 44.2 Å². The molecule has 1 aromatic rings. The van der Waals surface area contributed by atoms with Crippen molar-refractivity contribution < 1.29 is 19.4 Å². The summed E-state index contributed by atoms with van der Waals surface area (Å²) in [5.41, 5.74) is 1.66. The molecule has 9 heteroatoms. The van der Waals surface area contributed by atoms with E-state index in [1.165, 1.54) is 17.7 Å². The van der Waals surface area contributed by atoms with Gasteiger partial charge in [-0.2, -0.15) is 0 Å². The smallest absolute Gasteiger partial charge is 0.410 e. The summed E-state index contributed by atoms with van der Waals surface area (Å²) in [4.78, 5) is 18.6. The highest BCUT2D eigenvalue weighted by Crippen LogP contribution is 2.33. The number of likely N-dealkylation sites (tertiary alicyclic amines) is 1. The number of anilines is 1. The SMILES string of the molecule is CC(C)(C)OC(=O)N1CCN(c2ccc(C3CC(Cl)CC(CCC4CCN(C(O)OC(C)(C)C)CC4)N3)cc2)CC1. The summed E-state index contributed by atoms with van der Waals surface area (Å²) in [7, 11) is 0. The molecule has 1 amide bonds. The fourth-order valence-corrected chi connectivity index (χ4v) is 6.59. The molecule has 0 aliphatic carbocycles. The van der Waals surface area contributed by atoms with Gasteiger partial charge in [-0.05, 0) is 104 Å². The van der Waals surface area contributed by atoms with Crippen molar-refractivity contribution in [3.63, 3.8) is 0 Å². The highest BCUT2D eigenvalue weighted by atomic mass is 35.5. The molecule has 41 heavy (non-hydrogen) atoms. The average molecular weight is 593 g/mol. The molecule has 3 fully saturated rings. The third kappa shape index (κ3) is 9.99. The molecule has 0 aromatic heterocycles. The number of nitrogens with one attached hydrogen (secondary N) is 1. The summed E-state index contributed by atoms with van der Waals surface area (Å²) in [6.45, 7) is 16.3. The van der Waals surface area contributed by atoms with E-state index in [0.29, 0.717) is 25.0 Å². The van der Waals surface area contributed by atoms with Crippen LogP contribution >= 0.6 is 11.6 Å². The van der Waals surface area contributed by atoms with E-state index in [0.717, 1.165) is 58.3 Å². The number of piperidine rings is 2. The number of alkyl halides is 1. The van der Waals surface area contributed by atoms with Gasteiger partial charge in [0, 0.05) is 62.4 Å². The van der Waals surface area contributed by atoms with Crippen molar-refractivity contribution in [1.29, 1.82) is 0 Å². The van der Waals surface area contributed by atoms with E-state index in [4.69, 9.17) is 21.1 Å². The zero-order valence-electron chi connectivity index (χ0n) is 26.1. The normalized spacial score (nSPS) is 26.2. The van der Waals surface area contributed by atoms with Crippen LogP contribution in [0.5, 0.6) is 0 Å². The van der Waals surface area contributed by atoms with Gasteiger partial charge in [-0.25, -0.2) is 4.79 Å². The number of amides is 1. The quantitative estimate of drug-likeness (QED) is 0.309. The van der Waals surface area contributed by atoms with E-state index in [9.17, 15) is 9.90 Å². The number of hydrogen-bond donors (Lipinski definition) is 2. The molecule has 232 valence electrons. The molecule has 4 rings (SSSR count).